The average Bonchev–Trinajstić information content (AvgIpc) is 2.54. The third-order valence-corrected chi connectivity index (χ3v) is 3.18. The molecule has 2 aromatic carbocycles. The SMILES string of the molecule is Cc1ccccc1NC(=O)COc1cccc(OCC(C)C)c1. The predicted molar refractivity (Wildman–Crippen MR) is 92.1 cm³/mol. The van der Waals surface area contributed by atoms with Crippen molar-refractivity contribution in [3.05, 3.63) is 54.1 Å². The van der Waals surface area contributed by atoms with E-state index in [2.05, 4.69) is 19.2 Å². The van der Waals surface area contributed by atoms with E-state index in [1.165, 1.54) is 0 Å². The first-order valence-electron chi connectivity index (χ1n) is 7.75. The van der Waals surface area contributed by atoms with E-state index in [0.717, 1.165) is 17.0 Å². The second kappa shape index (κ2) is 8.22. The van der Waals surface area contributed by atoms with E-state index in [-0.39, 0.29) is 12.5 Å². The van der Waals surface area contributed by atoms with Crippen LogP contribution in [0.3, 0.4) is 0 Å². The Labute approximate surface area is 137 Å². The van der Waals surface area contributed by atoms with E-state index < -0.39 is 0 Å². The summed E-state index contributed by atoms with van der Waals surface area (Å²) in [6.07, 6.45) is 0. The summed E-state index contributed by atoms with van der Waals surface area (Å²) < 4.78 is 11.2. The Morgan fingerprint density at radius 2 is 1.74 bits per heavy atom. The molecule has 23 heavy (non-hydrogen) atoms. The molecule has 0 aliphatic heterocycles. The van der Waals surface area contributed by atoms with E-state index in [4.69, 9.17) is 9.47 Å². The van der Waals surface area contributed by atoms with E-state index in [9.17, 15) is 4.79 Å². The van der Waals surface area contributed by atoms with Gasteiger partial charge < -0.3 is 14.8 Å². The van der Waals surface area contributed by atoms with Gasteiger partial charge in [0.05, 0.1) is 6.61 Å². The van der Waals surface area contributed by atoms with Crippen LogP contribution in [0.25, 0.3) is 0 Å². The number of ether oxygens (including phenoxy) is 2. The summed E-state index contributed by atoms with van der Waals surface area (Å²) in [5.74, 6) is 1.63. The lowest BCUT2D eigenvalue weighted by Crippen LogP contribution is -2.20. The van der Waals surface area contributed by atoms with E-state index in [1.54, 1.807) is 6.07 Å². The van der Waals surface area contributed by atoms with Crippen LogP contribution in [0.15, 0.2) is 48.5 Å². The maximum absolute atomic E-state index is 12.0. The minimum Gasteiger partial charge on any atom is -0.493 e. The second-order valence-corrected chi connectivity index (χ2v) is 5.83. The maximum Gasteiger partial charge on any atom is 0.262 e. The number of amides is 1. The van der Waals surface area contributed by atoms with Crippen molar-refractivity contribution < 1.29 is 14.3 Å². The molecular formula is C19H23NO3. The van der Waals surface area contributed by atoms with E-state index in [1.807, 2.05) is 49.4 Å². The zero-order chi connectivity index (χ0) is 16.7. The van der Waals surface area contributed by atoms with Gasteiger partial charge in [-0.1, -0.05) is 38.1 Å². The van der Waals surface area contributed by atoms with Crippen molar-refractivity contribution in [3.8, 4) is 11.5 Å². The quantitative estimate of drug-likeness (QED) is 0.839. The lowest BCUT2D eigenvalue weighted by molar-refractivity contribution is -0.118. The van der Waals surface area contributed by atoms with Gasteiger partial charge in [-0.2, -0.15) is 0 Å². The number of benzene rings is 2. The van der Waals surface area contributed by atoms with Crippen molar-refractivity contribution in [1.29, 1.82) is 0 Å². The molecule has 4 heteroatoms. The third-order valence-electron chi connectivity index (χ3n) is 3.18. The van der Waals surface area contributed by atoms with Crippen LogP contribution in [0.4, 0.5) is 5.69 Å². The Bertz CT molecular complexity index is 653. The summed E-state index contributed by atoms with van der Waals surface area (Å²) in [6, 6.07) is 15.0. The molecule has 0 saturated heterocycles. The average molecular weight is 313 g/mol. The molecule has 0 aromatic heterocycles. The monoisotopic (exact) mass is 313 g/mol. The van der Waals surface area contributed by atoms with Crippen molar-refractivity contribution >= 4 is 11.6 Å². The molecule has 0 aliphatic rings. The number of para-hydroxylation sites is 1. The molecule has 0 fully saturated rings. The lowest BCUT2D eigenvalue weighted by Gasteiger charge is -2.11. The van der Waals surface area contributed by atoms with Crippen LogP contribution in [0.2, 0.25) is 0 Å². The standard InChI is InChI=1S/C19H23NO3/c1-14(2)12-22-16-8-6-9-17(11-16)23-13-19(21)20-18-10-5-4-7-15(18)3/h4-11,14H,12-13H2,1-3H3,(H,20,21). The molecule has 0 unspecified atom stereocenters. The van der Waals surface area contributed by atoms with Crippen molar-refractivity contribution in [2.75, 3.05) is 18.5 Å². The molecule has 2 aromatic rings. The van der Waals surface area contributed by atoms with Crippen LogP contribution in [0.1, 0.15) is 19.4 Å². The summed E-state index contributed by atoms with van der Waals surface area (Å²) in [7, 11) is 0. The molecule has 4 nitrogen and oxygen atoms in total. The number of rotatable bonds is 7. The Morgan fingerprint density at radius 1 is 1.04 bits per heavy atom. The summed E-state index contributed by atoms with van der Waals surface area (Å²) in [6.45, 7) is 6.75. The molecule has 1 amide bonds. The number of aryl methyl sites for hydroxylation is 1. The van der Waals surface area contributed by atoms with Crippen LogP contribution in [0.5, 0.6) is 11.5 Å². The Morgan fingerprint density at radius 3 is 2.43 bits per heavy atom. The number of carbonyl (C=O) groups excluding carboxylic acids is 1. The van der Waals surface area contributed by atoms with Crippen LogP contribution in [0, 0.1) is 12.8 Å². The minimum atomic E-state index is -0.187. The first-order chi connectivity index (χ1) is 11.0. The number of nitrogens with one attached hydrogen (secondary N) is 1. The molecule has 0 saturated carbocycles. The van der Waals surface area contributed by atoms with Crippen LogP contribution in [-0.4, -0.2) is 19.1 Å². The second-order valence-electron chi connectivity index (χ2n) is 5.83. The van der Waals surface area contributed by atoms with Gasteiger partial charge in [0.2, 0.25) is 0 Å². The molecule has 0 heterocycles. The van der Waals surface area contributed by atoms with Gasteiger partial charge in [-0.3, -0.25) is 4.79 Å². The number of hydrogen-bond acceptors (Lipinski definition) is 3. The van der Waals surface area contributed by atoms with Gasteiger partial charge in [0.15, 0.2) is 6.61 Å². The Hall–Kier alpha value is -2.49. The van der Waals surface area contributed by atoms with Gasteiger partial charge >= 0.3 is 0 Å². The molecule has 2 rings (SSSR count). The molecule has 0 bridgehead atoms. The molecule has 0 atom stereocenters. The largest absolute Gasteiger partial charge is 0.493 e. The number of hydrogen-bond donors (Lipinski definition) is 1. The van der Waals surface area contributed by atoms with Gasteiger partial charge in [-0.25, -0.2) is 0 Å². The molecule has 0 spiro atoms. The highest BCUT2D eigenvalue weighted by molar-refractivity contribution is 5.92. The molecular weight excluding hydrogens is 290 g/mol. The van der Waals surface area contributed by atoms with E-state index in [0.29, 0.717) is 18.3 Å². The lowest BCUT2D eigenvalue weighted by atomic mass is 10.2. The topological polar surface area (TPSA) is 47.6 Å². The summed E-state index contributed by atoms with van der Waals surface area (Å²) in [5.41, 5.74) is 1.82. The van der Waals surface area contributed by atoms with Crippen LogP contribution >= 0.6 is 0 Å². The van der Waals surface area contributed by atoms with E-state index >= 15 is 0 Å². The first kappa shape index (κ1) is 16.9. The van der Waals surface area contributed by atoms with Crippen molar-refractivity contribution in [1.82, 2.24) is 0 Å². The highest BCUT2D eigenvalue weighted by atomic mass is 16.5. The summed E-state index contributed by atoms with van der Waals surface area (Å²) in [4.78, 5) is 12.0. The summed E-state index contributed by atoms with van der Waals surface area (Å²) in [5, 5.41) is 2.84. The molecule has 0 radical (unpaired) electrons. The summed E-state index contributed by atoms with van der Waals surface area (Å²) >= 11 is 0. The predicted octanol–water partition coefficient (Wildman–Crippen LogP) is 4.05. The minimum absolute atomic E-state index is 0.0397. The zero-order valence-electron chi connectivity index (χ0n) is 13.8. The van der Waals surface area contributed by atoms with Gasteiger partial charge in [0.25, 0.3) is 5.91 Å². The van der Waals surface area contributed by atoms with Crippen molar-refractivity contribution in [2.24, 2.45) is 5.92 Å². The fraction of sp³-hybridized carbons (Fsp3) is 0.316. The highest BCUT2D eigenvalue weighted by Crippen LogP contribution is 2.20. The molecule has 1 N–H and O–H groups in total. The van der Waals surface area contributed by atoms with Crippen molar-refractivity contribution in [2.45, 2.75) is 20.8 Å². The van der Waals surface area contributed by atoms with Crippen molar-refractivity contribution in [3.63, 3.8) is 0 Å². The fourth-order valence-corrected chi connectivity index (χ4v) is 1.96. The number of anilines is 1. The first-order valence-corrected chi connectivity index (χ1v) is 7.75. The van der Waals surface area contributed by atoms with Gasteiger partial charge in [0.1, 0.15) is 11.5 Å². The van der Waals surface area contributed by atoms with Gasteiger partial charge in [-0.15, -0.1) is 0 Å². The third kappa shape index (κ3) is 5.66. The smallest absolute Gasteiger partial charge is 0.262 e. The highest BCUT2D eigenvalue weighted by Gasteiger charge is 2.06. The maximum atomic E-state index is 12.0. The van der Waals surface area contributed by atoms with Gasteiger partial charge in [0, 0.05) is 11.8 Å². The Balaban J connectivity index is 1.86. The number of carbonyl (C=O) groups is 1. The van der Waals surface area contributed by atoms with Crippen LogP contribution < -0.4 is 14.8 Å². The molecule has 0 aliphatic carbocycles. The normalized spacial score (nSPS) is 10.4. The zero-order valence-corrected chi connectivity index (χ0v) is 13.8. The fourth-order valence-electron chi connectivity index (χ4n) is 1.96. The van der Waals surface area contributed by atoms with Crippen LogP contribution in [-0.2, 0) is 4.79 Å². The van der Waals surface area contributed by atoms with Gasteiger partial charge in [-0.05, 0) is 36.6 Å². The molecule has 122 valence electrons. The Kier molecular flexibility index (Phi) is 6.03.